The molecule has 0 atom stereocenters. The fraction of sp³-hybridized carbons (Fsp3) is 0.261. The first kappa shape index (κ1) is 22.3. The van der Waals surface area contributed by atoms with E-state index >= 15 is 0 Å². The van der Waals surface area contributed by atoms with E-state index in [0.29, 0.717) is 29.6 Å². The second-order valence-electron chi connectivity index (χ2n) is 7.06. The minimum atomic E-state index is -0.263. The van der Waals surface area contributed by atoms with Gasteiger partial charge in [0, 0.05) is 42.6 Å². The first-order chi connectivity index (χ1) is 15.6. The molecule has 6 nitrogen and oxygen atoms in total. The summed E-state index contributed by atoms with van der Waals surface area (Å²) in [6.07, 6.45) is 6.57. The predicted molar refractivity (Wildman–Crippen MR) is 127 cm³/mol. The Labute approximate surface area is 194 Å². The third-order valence-corrected chi connectivity index (χ3v) is 6.94. The van der Waals surface area contributed by atoms with Crippen molar-refractivity contribution in [3.05, 3.63) is 67.0 Å². The number of halogens is 1. The molecule has 2 heterocycles. The Morgan fingerprint density at radius 3 is 2.84 bits per heavy atom. The van der Waals surface area contributed by atoms with Crippen LogP contribution in [0.15, 0.2) is 66.1 Å². The van der Waals surface area contributed by atoms with Gasteiger partial charge >= 0.3 is 0 Å². The SMILES string of the molecule is COc1cccc2sc(N(CCCn3ccnc3)C(=O)CCSc3ccc(F)cc3)nc12. The highest BCUT2D eigenvalue weighted by atomic mass is 32.2. The molecule has 0 radical (unpaired) electrons. The second kappa shape index (κ2) is 10.6. The zero-order valence-corrected chi connectivity index (χ0v) is 19.2. The van der Waals surface area contributed by atoms with Crippen LogP contribution in [0.4, 0.5) is 9.52 Å². The molecule has 0 saturated heterocycles. The molecule has 0 aliphatic rings. The molecule has 32 heavy (non-hydrogen) atoms. The number of carbonyl (C=O) groups is 1. The molecule has 0 N–H and O–H groups in total. The number of carbonyl (C=O) groups excluding carboxylic acids is 1. The number of thiazole rings is 1. The van der Waals surface area contributed by atoms with E-state index in [2.05, 4.69) is 4.98 Å². The number of hydrogen-bond donors (Lipinski definition) is 0. The van der Waals surface area contributed by atoms with Crippen molar-refractivity contribution in [2.24, 2.45) is 0 Å². The molecule has 4 aromatic rings. The van der Waals surface area contributed by atoms with Crippen molar-refractivity contribution in [1.29, 1.82) is 0 Å². The normalized spacial score (nSPS) is 11.1. The van der Waals surface area contributed by atoms with Crippen LogP contribution in [0.3, 0.4) is 0 Å². The number of imidazole rings is 1. The molecule has 1 amide bonds. The highest BCUT2D eigenvalue weighted by molar-refractivity contribution is 7.99. The van der Waals surface area contributed by atoms with Crippen molar-refractivity contribution in [2.45, 2.75) is 24.3 Å². The van der Waals surface area contributed by atoms with Gasteiger partial charge in [-0.3, -0.25) is 9.69 Å². The number of benzene rings is 2. The highest BCUT2D eigenvalue weighted by Crippen LogP contribution is 2.34. The smallest absolute Gasteiger partial charge is 0.229 e. The zero-order chi connectivity index (χ0) is 22.3. The molecular formula is C23H23FN4O2S2. The summed E-state index contributed by atoms with van der Waals surface area (Å²) in [5.74, 6) is 1.06. The molecule has 0 spiro atoms. The van der Waals surface area contributed by atoms with E-state index in [4.69, 9.17) is 9.72 Å². The monoisotopic (exact) mass is 470 g/mol. The van der Waals surface area contributed by atoms with Gasteiger partial charge in [0.25, 0.3) is 0 Å². The van der Waals surface area contributed by atoms with Crippen molar-refractivity contribution < 1.29 is 13.9 Å². The van der Waals surface area contributed by atoms with Crippen molar-refractivity contribution in [1.82, 2.24) is 14.5 Å². The standard InChI is InChI=1S/C23H23FN4O2S2/c1-30-19-4-2-5-20-22(19)26-23(32-20)28(13-3-12-27-14-11-25-16-27)21(29)10-15-31-18-8-6-17(24)7-9-18/h2,4-9,11,14,16H,3,10,12-13,15H2,1H3. The lowest BCUT2D eigenvalue weighted by atomic mass is 10.3. The maximum absolute atomic E-state index is 13.2. The van der Waals surface area contributed by atoms with Gasteiger partial charge in [-0.2, -0.15) is 0 Å². The number of hydrogen-bond acceptors (Lipinski definition) is 6. The topological polar surface area (TPSA) is 60.2 Å². The molecule has 0 unspecified atom stereocenters. The number of aryl methyl sites for hydroxylation is 1. The van der Waals surface area contributed by atoms with Crippen molar-refractivity contribution in [3.63, 3.8) is 0 Å². The van der Waals surface area contributed by atoms with E-state index in [0.717, 1.165) is 28.1 Å². The maximum Gasteiger partial charge on any atom is 0.229 e. The summed E-state index contributed by atoms with van der Waals surface area (Å²) >= 11 is 3.03. The number of rotatable bonds is 10. The summed E-state index contributed by atoms with van der Waals surface area (Å²) < 4.78 is 21.5. The van der Waals surface area contributed by atoms with Crippen LogP contribution >= 0.6 is 23.1 Å². The highest BCUT2D eigenvalue weighted by Gasteiger charge is 2.20. The van der Waals surface area contributed by atoms with Gasteiger partial charge in [0.2, 0.25) is 5.91 Å². The number of para-hydroxylation sites is 1. The van der Waals surface area contributed by atoms with E-state index in [-0.39, 0.29) is 11.7 Å². The fourth-order valence-corrected chi connectivity index (χ4v) is 5.14. The summed E-state index contributed by atoms with van der Waals surface area (Å²) in [5, 5.41) is 0.673. The lowest BCUT2D eigenvalue weighted by Gasteiger charge is -2.20. The number of amides is 1. The summed E-state index contributed by atoms with van der Waals surface area (Å²) in [6, 6.07) is 12.1. The molecule has 0 aliphatic heterocycles. The Bertz CT molecular complexity index is 1160. The van der Waals surface area contributed by atoms with Crippen LogP contribution in [0.1, 0.15) is 12.8 Å². The average Bonchev–Trinajstić information content (AvgIpc) is 3.47. The van der Waals surface area contributed by atoms with Gasteiger partial charge in [-0.15, -0.1) is 11.8 Å². The van der Waals surface area contributed by atoms with Gasteiger partial charge < -0.3 is 9.30 Å². The first-order valence-corrected chi connectivity index (χ1v) is 12.0. The minimum Gasteiger partial charge on any atom is -0.494 e. The molecular weight excluding hydrogens is 447 g/mol. The summed E-state index contributed by atoms with van der Waals surface area (Å²) in [7, 11) is 1.62. The van der Waals surface area contributed by atoms with Crippen LogP contribution < -0.4 is 9.64 Å². The van der Waals surface area contributed by atoms with Crippen LogP contribution in [0.2, 0.25) is 0 Å². The number of thioether (sulfide) groups is 1. The minimum absolute atomic E-state index is 0.0169. The summed E-state index contributed by atoms with van der Waals surface area (Å²) in [6.45, 7) is 1.32. The maximum atomic E-state index is 13.2. The van der Waals surface area contributed by atoms with E-state index in [1.54, 1.807) is 36.7 Å². The third kappa shape index (κ3) is 5.46. The van der Waals surface area contributed by atoms with Gasteiger partial charge in [0.1, 0.15) is 17.1 Å². The molecule has 0 bridgehead atoms. The quantitative estimate of drug-likeness (QED) is 0.297. The molecule has 9 heteroatoms. The Hall–Kier alpha value is -2.91. The second-order valence-corrected chi connectivity index (χ2v) is 9.23. The Morgan fingerprint density at radius 2 is 2.09 bits per heavy atom. The lowest BCUT2D eigenvalue weighted by molar-refractivity contribution is -0.118. The van der Waals surface area contributed by atoms with Crippen LogP contribution in [-0.4, -0.2) is 39.8 Å². The largest absolute Gasteiger partial charge is 0.494 e. The number of anilines is 1. The van der Waals surface area contributed by atoms with Crippen molar-refractivity contribution in [2.75, 3.05) is 24.3 Å². The number of methoxy groups -OCH3 is 1. The number of ether oxygens (including phenoxy) is 1. The molecule has 4 rings (SSSR count). The van der Waals surface area contributed by atoms with Gasteiger partial charge in [0.15, 0.2) is 5.13 Å². The first-order valence-electron chi connectivity index (χ1n) is 10.2. The van der Waals surface area contributed by atoms with E-state index in [9.17, 15) is 9.18 Å². The Balaban J connectivity index is 1.47. The zero-order valence-electron chi connectivity index (χ0n) is 17.6. The average molecular weight is 471 g/mol. The van der Waals surface area contributed by atoms with Crippen LogP contribution in [0.25, 0.3) is 10.2 Å². The van der Waals surface area contributed by atoms with Crippen LogP contribution in [-0.2, 0) is 11.3 Å². The van der Waals surface area contributed by atoms with Gasteiger partial charge in [-0.05, 0) is 42.8 Å². The van der Waals surface area contributed by atoms with Crippen molar-refractivity contribution in [3.8, 4) is 5.75 Å². The molecule has 0 saturated carbocycles. The van der Waals surface area contributed by atoms with Gasteiger partial charge in [0.05, 0.1) is 18.1 Å². The molecule has 2 aromatic carbocycles. The predicted octanol–water partition coefficient (Wildman–Crippen LogP) is 5.25. The fourth-order valence-electron chi connectivity index (χ4n) is 3.27. The van der Waals surface area contributed by atoms with Crippen LogP contribution in [0.5, 0.6) is 5.75 Å². The summed E-state index contributed by atoms with van der Waals surface area (Å²) in [5.41, 5.74) is 0.767. The number of aromatic nitrogens is 3. The lowest BCUT2D eigenvalue weighted by Crippen LogP contribution is -2.32. The summed E-state index contributed by atoms with van der Waals surface area (Å²) in [4.78, 5) is 24.7. The Morgan fingerprint density at radius 1 is 1.25 bits per heavy atom. The van der Waals surface area contributed by atoms with E-state index in [1.807, 2.05) is 29.0 Å². The number of fused-ring (bicyclic) bond motifs is 1. The van der Waals surface area contributed by atoms with Gasteiger partial charge in [-0.25, -0.2) is 14.4 Å². The molecule has 2 aromatic heterocycles. The molecule has 0 aliphatic carbocycles. The van der Waals surface area contributed by atoms with E-state index in [1.165, 1.54) is 35.2 Å². The van der Waals surface area contributed by atoms with Gasteiger partial charge in [-0.1, -0.05) is 17.4 Å². The van der Waals surface area contributed by atoms with Crippen molar-refractivity contribution >= 4 is 44.4 Å². The number of nitrogens with zero attached hydrogens (tertiary/aromatic N) is 4. The van der Waals surface area contributed by atoms with Crippen LogP contribution in [0, 0.1) is 5.82 Å². The van der Waals surface area contributed by atoms with E-state index < -0.39 is 0 Å². The Kier molecular flexibility index (Phi) is 7.39. The molecule has 0 fully saturated rings. The molecule has 166 valence electrons. The third-order valence-electron chi connectivity index (χ3n) is 4.88.